The number of hydrogen-bond donors (Lipinski definition) is 1. The number of benzene rings is 1. The highest BCUT2D eigenvalue weighted by molar-refractivity contribution is 5.93. The van der Waals surface area contributed by atoms with Crippen molar-refractivity contribution in [3.8, 4) is 17.8 Å². The summed E-state index contributed by atoms with van der Waals surface area (Å²) < 4.78 is 2.35. The Hall–Kier alpha value is -3.65. The van der Waals surface area contributed by atoms with Crippen LogP contribution in [0.5, 0.6) is 0 Å². The standard InChI is InChI=1S/C24H27N5O3/c1-2-3-11-28-16-21(22(30)27-15-18-9-7-17(13-25)8-10-18)23(31)29(24(28)32)20-6-4-5-19(12-20)14-26/h4-6,12,16-18H,2-3,7-11,15H2,1H3,(H,27,30). The van der Waals surface area contributed by atoms with Crippen LogP contribution in [-0.4, -0.2) is 21.6 Å². The first-order valence-electron chi connectivity index (χ1n) is 11.0. The van der Waals surface area contributed by atoms with Crippen molar-refractivity contribution in [2.75, 3.05) is 6.54 Å². The van der Waals surface area contributed by atoms with Crippen LogP contribution in [0.4, 0.5) is 0 Å². The highest BCUT2D eigenvalue weighted by atomic mass is 16.2. The molecule has 2 aromatic rings. The number of amides is 1. The van der Waals surface area contributed by atoms with Gasteiger partial charge in [-0.05, 0) is 56.2 Å². The second-order valence-corrected chi connectivity index (χ2v) is 8.23. The van der Waals surface area contributed by atoms with Gasteiger partial charge in [0.15, 0.2) is 0 Å². The van der Waals surface area contributed by atoms with E-state index in [4.69, 9.17) is 5.26 Å². The Labute approximate surface area is 186 Å². The maximum Gasteiger partial charge on any atom is 0.335 e. The largest absolute Gasteiger partial charge is 0.352 e. The number of hydrogen-bond acceptors (Lipinski definition) is 5. The normalized spacial score (nSPS) is 17.8. The summed E-state index contributed by atoms with van der Waals surface area (Å²) in [7, 11) is 0. The molecule has 32 heavy (non-hydrogen) atoms. The van der Waals surface area contributed by atoms with E-state index < -0.39 is 17.2 Å². The maximum atomic E-state index is 13.2. The highest BCUT2D eigenvalue weighted by Crippen LogP contribution is 2.27. The molecule has 0 unspecified atom stereocenters. The van der Waals surface area contributed by atoms with Crippen LogP contribution in [0.25, 0.3) is 5.69 Å². The third kappa shape index (κ3) is 5.15. The van der Waals surface area contributed by atoms with Gasteiger partial charge < -0.3 is 5.32 Å². The van der Waals surface area contributed by atoms with E-state index in [1.54, 1.807) is 18.2 Å². The van der Waals surface area contributed by atoms with Crippen LogP contribution >= 0.6 is 0 Å². The molecule has 8 nitrogen and oxygen atoms in total. The Morgan fingerprint density at radius 2 is 1.94 bits per heavy atom. The zero-order valence-corrected chi connectivity index (χ0v) is 18.2. The molecule has 166 valence electrons. The molecule has 1 fully saturated rings. The molecule has 0 saturated heterocycles. The number of carbonyl (C=O) groups excluding carboxylic acids is 1. The van der Waals surface area contributed by atoms with Gasteiger partial charge in [-0.1, -0.05) is 19.4 Å². The molecule has 1 aromatic carbocycles. The van der Waals surface area contributed by atoms with Gasteiger partial charge in [-0.2, -0.15) is 10.5 Å². The van der Waals surface area contributed by atoms with Gasteiger partial charge in [0, 0.05) is 25.2 Å². The van der Waals surface area contributed by atoms with Gasteiger partial charge in [-0.25, -0.2) is 9.36 Å². The zero-order valence-electron chi connectivity index (χ0n) is 18.2. The lowest BCUT2D eigenvalue weighted by Gasteiger charge is -2.24. The van der Waals surface area contributed by atoms with E-state index >= 15 is 0 Å². The fraction of sp³-hybridized carbons (Fsp3) is 0.458. The van der Waals surface area contributed by atoms with Gasteiger partial charge in [-0.15, -0.1) is 0 Å². The summed E-state index contributed by atoms with van der Waals surface area (Å²) in [6, 6.07) is 10.5. The van der Waals surface area contributed by atoms with Crippen LogP contribution in [0.2, 0.25) is 0 Å². The van der Waals surface area contributed by atoms with Crippen molar-refractivity contribution in [3.05, 3.63) is 62.4 Å². The quantitative estimate of drug-likeness (QED) is 0.720. The summed E-state index contributed by atoms with van der Waals surface area (Å²) in [6.45, 7) is 2.80. The summed E-state index contributed by atoms with van der Waals surface area (Å²) in [5.41, 5.74) is -0.771. The fourth-order valence-corrected chi connectivity index (χ4v) is 4.02. The number of rotatable bonds is 7. The lowest BCUT2D eigenvalue weighted by molar-refractivity contribution is 0.0939. The Morgan fingerprint density at radius 3 is 2.59 bits per heavy atom. The average molecular weight is 434 g/mol. The third-order valence-electron chi connectivity index (χ3n) is 5.97. The summed E-state index contributed by atoms with van der Waals surface area (Å²) in [5.74, 6) is -0.169. The molecule has 8 heteroatoms. The van der Waals surface area contributed by atoms with E-state index in [2.05, 4.69) is 11.4 Å². The molecule has 0 spiro atoms. The van der Waals surface area contributed by atoms with Gasteiger partial charge in [0.25, 0.3) is 11.5 Å². The van der Waals surface area contributed by atoms with Crippen molar-refractivity contribution in [2.45, 2.75) is 52.0 Å². The van der Waals surface area contributed by atoms with Crippen LogP contribution in [0.15, 0.2) is 40.1 Å². The van der Waals surface area contributed by atoms with Gasteiger partial charge in [0.2, 0.25) is 0 Å². The molecular weight excluding hydrogens is 406 g/mol. The molecule has 0 radical (unpaired) electrons. The van der Waals surface area contributed by atoms with Gasteiger partial charge in [0.1, 0.15) is 5.56 Å². The molecule has 1 N–H and O–H groups in total. The monoisotopic (exact) mass is 433 g/mol. The van der Waals surface area contributed by atoms with Crippen LogP contribution in [0, 0.1) is 34.5 Å². The lowest BCUT2D eigenvalue weighted by Crippen LogP contribution is -2.44. The fourth-order valence-electron chi connectivity index (χ4n) is 4.02. The third-order valence-corrected chi connectivity index (χ3v) is 5.97. The Bertz CT molecular complexity index is 1170. The SMILES string of the molecule is CCCCn1cc(C(=O)NCC2CCC(C#N)CC2)c(=O)n(-c2cccc(C#N)c2)c1=O. The van der Waals surface area contributed by atoms with Gasteiger partial charge in [-0.3, -0.25) is 14.2 Å². The minimum absolute atomic E-state index is 0.0838. The smallest absolute Gasteiger partial charge is 0.335 e. The van der Waals surface area contributed by atoms with Gasteiger partial charge >= 0.3 is 5.69 Å². The molecular formula is C24H27N5O3. The van der Waals surface area contributed by atoms with Crippen molar-refractivity contribution in [1.29, 1.82) is 10.5 Å². The predicted molar refractivity (Wildman–Crippen MR) is 119 cm³/mol. The number of nitriles is 2. The van der Waals surface area contributed by atoms with Crippen molar-refractivity contribution in [3.63, 3.8) is 0 Å². The van der Waals surface area contributed by atoms with Crippen molar-refractivity contribution in [2.24, 2.45) is 11.8 Å². The first-order valence-corrected chi connectivity index (χ1v) is 11.0. The van der Waals surface area contributed by atoms with E-state index in [9.17, 15) is 19.6 Å². The van der Waals surface area contributed by atoms with Crippen LogP contribution in [-0.2, 0) is 6.54 Å². The Morgan fingerprint density at radius 1 is 1.19 bits per heavy atom. The average Bonchev–Trinajstić information content (AvgIpc) is 2.82. The molecule has 0 bridgehead atoms. The lowest BCUT2D eigenvalue weighted by atomic mass is 9.83. The molecule has 0 aliphatic heterocycles. The van der Waals surface area contributed by atoms with Gasteiger partial charge in [0.05, 0.1) is 23.4 Å². The first-order chi connectivity index (χ1) is 15.5. The Kier molecular flexibility index (Phi) is 7.62. The van der Waals surface area contributed by atoms with E-state index in [0.29, 0.717) is 18.7 Å². The predicted octanol–water partition coefficient (Wildman–Crippen LogP) is 2.73. The molecule has 0 atom stereocenters. The Balaban J connectivity index is 1.92. The highest BCUT2D eigenvalue weighted by Gasteiger charge is 2.23. The number of nitrogens with one attached hydrogen (secondary N) is 1. The number of unbranched alkanes of at least 4 members (excludes halogenated alkanes) is 1. The van der Waals surface area contributed by atoms with Crippen LogP contribution in [0.1, 0.15) is 61.4 Å². The van der Waals surface area contributed by atoms with Crippen LogP contribution in [0.3, 0.4) is 0 Å². The van der Waals surface area contributed by atoms with E-state index in [1.807, 2.05) is 13.0 Å². The molecule has 1 heterocycles. The van der Waals surface area contributed by atoms with Crippen molar-refractivity contribution >= 4 is 5.91 Å². The molecule has 1 amide bonds. The minimum Gasteiger partial charge on any atom is -0.352 e. The number of carbonyl (C=O) groups is 1. The summed E-state index contributed by atoms with van der Waals surface area (Å²) in [4.78, 5) is 39.1. The number of nitrogens with zero attached hydrogens (tertiary/aromatic N) is 4. The van der Waals surface area contributed by atoms with E-state index in [0.717, 1.165) is 43.1 Å². The summed E-state index contributed by atoms with van der Waals surface area (Å²) in [5, 5.41) is 21.1. The number of aromatic nitrogens is 2. The molecule has 1 saturated carbocycles. The van der Waals surface area contributed by atoms with E-state index in [-0.39, 0.29) is 23.1 Å². The molecule has 1 aliphatic rings. The molecule has 3 rings (SSSR count). The first kappa shape index (κ1) is 23.0. The molecule has 1 aliphatic carbocycles. The topological polar surface area (TPSA) is 121 Å². The minimum atomic E-state index is -0.705. The zero-order chi connectivity index (χ0) is 23.1. The maximum absolute atomic E-state index is 13.2. The second-order valence-electron chi connectivity index (χ2n) is 8.23. The van der Waals surface area contributed by atoms with Crippen molar-refractivity contribution in [1.82, 2.24) is 14.5 Å². The van der Waals surface area contributed by atoms with E-state index in [1.165, 1.54) is 16.8 Å². The van der Waals surface area contributed by atoms with Crippen molar-refractivity contribution < 1.29 is 4.79 Å². The summed E-state index contributed by atoms with van der Waals surface area (Å²) in [6.07, 6.45) is 6.27. The molecule has 1 aromatic heterocycles. The van der Waals surface area contributed by atoms with Crippen LogP contribution < -0.4 is 16.6 Å². The second kappa shape index (κ2) is 10.6. The number of aryl methyl sites for hydroxylation is 1. The summed E-state index contributed by atoms with van der Waals surface area (Å²) >= 11 is 0.